The van der Waals surface area contributed by atoms with Crippen molar-refractivity contribution in [3.05, 3.63) is 40.8 Å². The summed E-state index contributed by atoms with van der Waals surface area (Å²) in [5.74, 6) is 0.428. The summed E-state index contributed by atoms with van der Waals surface area (Å²) < 4.78 is 41.0. The van der Waals surface area contributed by atoms with E-state index in [1.165, 1.54) is 17.8 Å². The molecule has 0 saturated carbocycles. The van der Waals surface area contributed by atoms with Crippen LogP contribution in [0, 0.1) is 13.8 Å². The van der Waals surface area contributed by atoms with Gasteiger partial charge in [0.1, 0.15) is 5.82 Å². The molecule has 0 spiro atoms. The first-order valence-electron chi connectivity index (χ1n) is 9.93. The molecular formula is C20H31F3IN7. The summed E-state index contributed by atoms with van der Waals surface area (Å²) in [5, 5.41) is 13.7. The van der Waals surface area contributed by atoms with Crippen LogP contribution in [0.1, 0.15) is 36.4 Å². The number of halogens is 4. The Hall–Kier alpha value is -2.05. The van der Waals surface area contributed by atoms with Crippen LogP contribution in [0.5, 0.6) is 0 Å². The van der Waals surface area contributed by atoms with Crippen molar-refractivity contribution in [2.24, 2.45) is 12.0 Å². The monoisotopic (exact) mass is 553 g/mol. The maximum absolute atomic E-state index is 13.0. The lowest BCUT2D eigenvalue weighted by Crippen LogP contribution is -2.43. The highest BCUT2D eigenvalue weighted by atomic mass is 127. The molecular weight excluding hydrogens is 522 g/mol. The molecule has 0 radical (unpaired) electrons. The molecule has 0 aromatic carbocycles. The van der Waals surface area contributed by atoms with Gasteiger partial charge in [-0.1, -0.05) is 0 Å². The third-order valence-electron chi connectivity index (χ3n) is 4.68. The molecule has 1 atom stereocenters. The van der Waals surface area contributed by atoms with Gasteiger partial charge in [-0.2, -0.15) is 18.3 Å². The Labute approximate surface area is 198 Å². The molecule has 31 heavy (non-hydrogen) atoms. The first-order chi connectivity index (χ1) is 14.1. The van der Waals surface area contributed by atoms with Crippen LogP contribution in [0.15, 0.2) is 23.3 Å². The first kappa shape index (κ1) is 27.0. The minimum Gasteiger partial charge on any atom is -0.368 e. The van der Waals surface area contributed by atoms with Gasteiger partial charge in [0.2, 0.25) is 0 Å². The Balaban J connectivity index is 0.00000480. The summed E-state index contributed by atoms with van der Waals surface area (Å²) >= 11 is 0. The Morgan fingerprint density at radius 2 is 2.00 bits per heavy atom. The van der Waals surface area contributed by atoms with Crippen molar-refractivity contribution in [2.45, 2.75) is 46.3 Å². The zero-order valence-corrected chi connectivity index (χ0v) is 20.8. The van der Waals surface area contributed by atoms with E-state index in [9.17, 15) is 13.2 Å². The largest absolute Gasteiger partial charge is 0.419 e. The molecule has 2 aromatic rings. The number of guanidine groups is 1. The lowest BCUT2D eigenvalue weighted by Gasteiger charge is -2.18. The number of hydrogen-bond donors (Lipinski definition) is 3. The second-order valence-corrected chi connectivity index (χ2v) is 7.11. The van der Waals surface area contributed by atoms with E-state index in [0.29, 0.717) is 19.0 Å². The molecule has 11 heteroatoms. The van der Waals surface area contributed by atoms with Gasteiger partial charge in [-0.05, 0) is 51.8 Å². The van der Waals surface area contributed by atoms with Gasteiger partial charge in [0.25, 0.3) is 0 Å². The zero-order chi connectivity index (χ0) is 22.3. The van der Waals surface area contributed by atoms with Gasteiger partial charge in [0.05, 0.1) is 17.8 Å². The maximum atomic E-state index is 13.0. The number of hydrogen-bond acceptors (Lipinski definition) is 4. The summed E-state index contributed by atoms with van der Waals surface area (Å²) in [6, 6.07) is 2.38. The van der Waals surface area contributed by atoms with Crippen LogP contribution in [-0.4, -0.2) is 46.4 Å². The number of alkyl halides is 3. The second-order valence-electron chi connectivity index (χ2n) is 7.11. The minimum atomic E-state index is -4.45. The van der Waals surface area contributed by atoms with E-state index in [-0.39, 0.29) is 42.4 Å². The molecule has 0 aliphatic carbocycles. The van der Waals surface area contributed by atoms with E-state index < -0.39 is 11.7 Å². The van der Waals surface area contributed by atoms with E-state index in [0.717, 1.165) is 23.9 Å². The topological polar surface area (TPSA) is 79.2 Å². The molecule has 174 valence electrons. The number of nitrogens with one attached hydrogen (secondary N) is 3. The van der Waals surface area contributed by atoms with Crippen molar-refractivity contribution in [1.82, 2.24) is 25.4 Å². The predicted octanol–water partition coefficient (Wildman–Crippen LogP) is 3.67. The molecule has 2 rings (SSSR count). The summed E-state index contributed by atoms with van der Waals surface area (Å²) in [5.41, 5.74) is 2.55. The van der Waals surface area contributed by atoms with Crippen LogP contribution < -0.4 is 16.0 Å². The molecule has 0 bridgehead atoms. The fourth-order valence-corrected chi connectivity index (χ4v) is 3.14. The summed E-state index contributed by atoms with van der Waals surface area (Å²) in [4.78, 5) is 8.25. The second kappa shape index (κ2) is 12.1. The van der Waals surface area contributed by atoms with Crippen LogP contribution in [0.25, 0.3) is 0 Å². The molecule has 3 N–H and O–H groups in total. The van der Waals surface area contributed by atoms with Crippen molar-refractivity contribution >= 4 is 35.8 Å². The zero-order valence-electron chi connectivity index (χ0n) is 18.5. The molecule has 2 heterocycles. The van der Waals surface area contributed by atoms with E-state index >= 15 is 0 Å². The fraction of sp³-hybridized carbons (Fsp3) is 0.550. The predicted molar refractivity (Wildman–Crippen MR) is 128 cm³/mol. The maximum Gasteiger partial charge on any atom is 0.419 e. The van der Waals surface area contributed by atoms with E-state index in [1.54, 1.807) is 0 Å². The smallest absolute Gasteiger partial charge is 0.368 e. The highest BCUT2D eigenvalue weighted by Crippen LogP contribution is 2.33. The van der Waals surface area contributed by atoms with Gasteiger partial charge in [-0.3, -0.25) is 9.67 Å². The van der Waals surface area contributed by atoms with Gasteiger partial charge in [0.15, 0.2) is 5.96 Å². The molecule has 0 amide bonds. The normalized spacial score (nSPS) is 12.8. The van der Waals surface area contributed by atoms with Crippen LogP contribution >= 0.6 is 24.0 Å². The SMILES string of the molecule is CCNC(=NCCNc1ncccc1C(F)(F)F)NC(C)Cc1c(C)nn(C)c1C.I. The van der Waals surface area contributed by atoms with E-state index in [4.69, 9.17) is 0 Å². The number of aryl methyl sites for hydroxylation is 2. The number of rotatable bonds is 8. The molecule has 0 aliphatic rings. The average molecular weight is 553 g/mol. The van der Waals surface area contributed by atoms with Gasteiger partial charge >= 0.3 is 6.18 Å². The van der Waals surface area contributed by atoms with E-state index in [2.05, 4.69) is 37.9 Å². The molecule has 0 aliphatic heterocycles. The first-order valence-corrected chi connectivity index (χ1v) is 9.93. The lowest BCUT2D eigenvalue weighted by atomic mass is 10.1. The van der Waals surface area contributed by atoms with Crippen LogP contribution in [0.2, 0.25) is 0 Å². The summed E-state index contributed by atoms with van der Waals surface area (Å²) in [6.45, 7) is 9.24. The average Bonchev–Trinajstić information content (AvgIpc) is 2.91. The number of anilines is 1. The quantitative estimate of drug-likeness (QED) is 0.201. The van der Waals surface area contributed by atoms with Crippen molar-refractivity contribution in [1.29, 1.82) is 0 Å². The van der Waals surface area contributed by atoms with Gasteiger partial charge < -0.3 is 16.0 Å². The molecule has 0 saturated heterocycles. The van der Waals surface area contributed by atoms with E-state index in [1.807, 2.05) is 32.5 Å². The van der Waals surface area contributed by atoms with Gasteiger partial charge in [-0.25, -0.2) is 4.98 Å². The third-order valence-corrected chi connectivity index (χ3v) is 4.68. The standard InChI is InChI=1S/C20H30F3N7.HI/c1-6-24-19(28-13(2)12-16-14(3)29-30(5)15(16)4)27-11-10-26-18-17(20(21,22)23)8-7-9-25-18;/h7-9,13H,6,10-12H2,1-5H3,(H,25,26)(H2,24,27,28);1H. The Morgan fingerprint density at radius 1 is 1.29 bits per heavy atom. The van der Waals surface area contributed by atoms with Crippen LogP contribution in [-0.2, 0) is 19.6 Å². The van der Waals surface area contributed by atoms with Crippen molar-refractivity contribution in [3.8, 4) is 0 Å². The fourth-order valence-electron chi connectivity index (χ4n) is 3.14. The minimum absolute atomic E-state index is 0. The van der Waals surface area contributed by atoms with Crippen molar-refractivity contribution in [2.75, 3.05) is 25.0 Å². The third kappa shape index (κ3) is 7.86. The van der Waals surface area contributed by atoms with Crippen molar-refractivity contribution in [3.63, 3.8) is 0 Å². The number of nitrogens with zero attached hydrogens (tertiary/aromatic N) is 4. The Kier molecular flexibility index (Phi) is 10.5. The Bertz CT molecular complexity index is 865. The van der Waals surface area contributed by atoms with Gasteiger partial charge in [0, 0.05) is 38.1 Å². The van der Waals surface area contributed by atoms with Gasteiger partial charge in [-0.15, -0.1) is 24.0 Å². The highest BCUT2D eigenvalue weighted by molar-refractivity contribution is 14.0. The number of aliphatic imine (C=N–C) groups is 1. The number of aromatic nitrogens is 3. The van der Waals surface area contributed by atoms with Crippen LogP contribution in [0.3, 0.4) is 0 Å². The van der Waals surface area contributed by atoms with Crippen LogP contribution in [0.4, 0.5) is 19.0 Å². The summed E-state index contributed by atoms with van der Waals surface area (Å²) in [7, 11) is 1.92. The molecule has 0 fully saturated rings. The molecule has 7 nitrogen and oxygen atoms in total. The molecule has 1 unspecified atom stereocenters. The molecule has 2 aromatic heterocycles. The van der Waals surface area contributed by atoms with Crippen molar-refractivity contribution < 1.29 is 13.2 Å². The highest BCUT2D eigenvalue weighted by Gasteiger charge is 2.33. The Morgan fingerprint density at radius 3 is 2.58 bits per heavy atom. The summed E-state index contributed by atoms with van der Waals surface area (Å²) in [6.07, 6.45) is -2.33. The number of pyridine rings is 1. The lowest BCUT2D eigenvalue weighted by molar-refractivity contribution is -0.137.